The molecule has 1 aliphatic rings. The molecule has 1 atom stereocenters. The second-order valence-electron chi connectivity index (χ2n) is 4.41. The zero-order valence-corrected chi connectivity index (χ0v) is 10.2. The zero-order valence-electron chi connectivity index (χ0n) is 10.2. The summed E-state index contributed by atoms with van der Waals surface area (Å²) in [4.78, 5) is 0. The highest BCUT2D eigenvalue weighted by atomic mass is 16.5. The van der Waals surface area contributed by atoms with E-state index < -0.39 is 0 Å². The summed E-state index contributed by atoms with van der Waals surface area (Å²) in [5, 5.41) is 3.43. The maximum atomic E-state index is 6.04. The van der Waals surface area contributed by atoms with Gasteiger partial charge in [-0.05, 0) is 39.7 Å². The van der Waals surface area contributed by atoms with Crippen molar-refractivity contribution >= 4 is 0 Å². The second kappa shape index (κ2) is 6.29. The van der Waals surface area contributed by atoms with E-state index in [1.54, 1.807) is 0 Å². The van der Waals surface area contributed by atoms with Crippen molar-refractivity contribution < 1.29 is 4.74 Å². The van der Waals surface area contributed by atoms with Crippen LogP contribution in [0.1, 0.15) is 45.4 Å². The van der Waals surface area contributed by atoms with Crippen LogP contribution in [0.4, 0.5) is 0 Å². The number of ether oxygens (including phenoxy) is 1. The highest BCUT2D eigenvalue weighted by molar-refractivity contribution is 4.97. The number of hydrogen-bond donors (Lipinski definition) is 1. The molecule has 15 heavy (non-hydrogen) atoms. The molecule has 0 heterocycles. The van der Waals surface area contributed by atoms with Crippen molar-refractivity contribution in [3.8, 4) is 0 Å². The van der Waals surface area contributed by atoms with Gasteiger partial charge in [0.1, 0.15) is 0 Å². The number of likely N-dealkylation sites (N-methyl/N-ethyl adjacent to an activating group) is 1. The fourth-order valence-corrected chi connectivity index (χ4v) is 2.81. The molecule has 0 aromatic rings. The summed E-state index contributed by atoms with van der Waals surface area (Å²) in [6.07, 6.45) is 9.25. The molecule has 0 radical (unpaired) electrons. The van der Waals surface area contributed by atoms with Gasteiger partial charge in [0.25, 0.3) is 0 Å². The van der Waals surface area contributed by atoms with Crippen LogP contribution in [0.5, 0.6) is 0 Å². The molecule has 2 nitrogen and oxygen atoms in total. The van der Waals surface area contributed by atoms with Gasteiger partial charge in [0, 0.05) is 12.6 Å². The van der Waals surface area contributed by atoms with Gasteiger partial charge in [-0.1, -0.05) is 18.9 Å². The SMILES string of the molecule is C=CCCC(NC)C1(OCC)CCCC1. The molecule has 0 aliphatic heterocycles. The maximum absolute atomic E-state index is 6.04. The van der Waals surface area contributed by atoms with Crippen LogP contribution in [-0.4, -0.2) is 25.3 Å². The van der Waals surface area contributed by atoms with Gasteiger partial charge in [-0.15, -0.1) is 6.58 Å². The van der Waals surface area contributed by atoms with Crippen LogP contribution >= 0.6 is 0 Å². The highest BCUT2D eigenvalue weighted by Gasteiger charge is 2.40. The second-order valence-corrected chi connectivity index (χ2v) is 4.41. The van der Waals surface area contributed by atoms with E-state index in [9.17, 15) is 0 Å². The van der Waals surface area contributed by atoms with Crippen molar-refractivity contribution in [1.82, 2.24) is 5.32 Å². The van der Waals surface area contributed by atoms with Crippen molar-refractivity contribution in [1.29, 1.82) is 0 Å². The van der Waals surface area contributed by atoms with Crippen LogP contribution in [0, 0.1) is 0 Å². The summed E-state index contributed by atoms with van der Waals surface area (Å²) in [5.74, 6) is 0. The van der Waals surface area contributed by atoms with Crippen molar-refractivity contribution in [3.63, 3.8) is 0 Å². The van der Waals surface area contributed by atoms with Crippen molar-refractivity contribution in [2.45, 2.75) is 57.1 Å². The van der Waals surface area contributed by atoms with E-state index in [0.717, 1.165) is 19.4 Å². The Bertz CT molecular complexity index is 185. The standard InChI is InChI=1S/C13H25NO/c1-4-6-9-12(14-3)13(15-5-2)10-7-8-11-13/h4,12,14H,1,5-11H2,2-3H3. The van der Waals surface area contributed by atoms with Crippen molar-refractivity contribution in [2.75, 3.05) is 13.7 Å². The lowest BCUT2D eigenvalue weighted by molar-refractivity contribution is -0.0613. The first-order valence-electron chi connectivity index (χ1n) is 6.21. The summed E-state index contributed by atoms with van der Waals surface area (Å²) in [7, 11) is 2.05. The fourth-order valence-electron chi connectivity index (χ4n) is 2.81. The Kier molecular flexibility index (Phi) is 5.34. The lowest BCUT2D eigenvalue weighted by Crippen LogP contribution is -2.49. The fraction of sp³-hybridized carbons (Fsp3) is 0.846. The third-order valence-corrected chi connectivity index (χ3v) is 3.52. The van der Waals surface area contributed by atoms with E-state index in [-0.39, 0.29) is 5.60 Å². The molecule has 1 N–H and O–H groups in total. The van der Waals surface area contributed by atoms with E-state index >= 15 is 0 Å². The lowest BCUT2D eigenvalue weighted by atomic mass is 9.88. The molecule has 0 amide bonds. The molecule has 1 fully saturated rings. The molecule has 0 saturated heterocycles. The zero-order chi connectivity index (χ0) is 11.1. The number of allylic oxidation sites excluding steroid dienone is 1. The smallest absolute Gasteiger partial charge is 0.0834 e. The average Bonchev–Trinajstić information content (AvgIpc) is 2.69. The van der Waals surface area contributed by atoms with Gasteiger partial charge in [-0.25, -0.2) is 0 Å². The van der Waals surface area contributed by atoms with Crippen molar-refractivity contribution in [3.05, 3.63) is 12.7 Å². The topological polar surface area (TPSA) is 21.3 Å². The Morgan fingerprint density at radius 2 is 2.13 bits per heavy atom. The molecule has 1 aliphatic carbocycles. The van der Waals surface area contributed by atoms with Gasteiger partial charge in [0.05, 0.1) is 5.60 Å². The first kappa shape index (κ1) is 12.7. The van der Waals surface area contributed by atoms with E-state index in [1.165, 1.54) is 25.7 Å². The normalized spacial score (nSPS) is 21.5. The molecule has 0 aromatic heterocycles. The van der Waals surface area contributed by atoms with Gasteiger partial charge in [0.15, 0.2) is 0 Å². The average molecular weight is 211 g/mol. The molecule has 2 heteroatoms. The van der Waals surface area contributed by atoms with Crippen LogP contribution < -0.4 is 5.32 Å². The van der Waals surface area contributed by atoms with Gasteiger partial charge < -0.3 is 10.1 Å². The molecule has 1 rings (SSSR count). The Hall–Kier alpha value is -0.340. The summed E-state index contributed by atoms with van der Waals surface area (Å²) < 4.78 is 6.04. The Morgan fingerprint density at radius 3 is 2.60 bits per heavy atom. The molecule has 1 saturated carbocycles. The Balaban J connectivity index is 2.61. The van der Waals surface area contributed by atoms with Gasteiger partial charge >= 0.3 is 0 Å². The molecular weight excluding hydrogens is 186 g/mol. The molecular formula is C13H25NO. The summed E-state index contributed by atoms with van der Waals surface area (Å²) in [5.41, 5.74) is 0.104. The van der Waals surface area contributed by atoms with Crippen LogP contribution in [0.3, 0.4) is 0 Å². The van der Waals surface area contributed by atoms with E-state index in [4.69, 9.17) is 4.74 Å². The van der Waals surface area contributed by atoms with E-state index in [1.807, 2.05) is 13.1 Å². The largest absolute Gasteiger partial charge is 0.374 e. The Morgan fingerprint density at radius 1 is 1.47 bits per heavy atom. The first-order chi connectivity index (χ1) is 7.29. The minimum absolute atomic E-state index is 0.104. The number of hydrogen-bond acceptors (Lipinski definition) is 2. The minimum Gasteiger partial charge on any atom is -0.374 e. The predicted octanol–water partition coefficient (Wildman–Crippen LogP) is 2.89. The summed E-state index contributed by atoms with van der Waals surface area (Å²) in [6, 6.07) is 0.484. The third-order valence-electron chi connectivity index (χ3n) is 3.52. The third kappa shape index (κ3) is 3.05. The van der Waals surface area contributed by atoms with E-state index in [2.05, 4.69) is 18.8 Å². The molecule has 0 aromatic carbocycles. The van der Waals surface area contributed by atoms with Gasteiger partial charge in [-0.2, -0.15) is 0 Å². The molecule has 88 valence electrons. The van der Waals surface area contributed by atoms with Crippen LogP contribution in [0.2, 0.25) is 0 Å². The monoisotopic (exact) mass is 211 g/mol. The summed E-state index contributed by atoms with van der Waals surface area (Å²) >= 11 is 0. The lowest BCUT2D eigenvalue weighted by Gasteiger charge is -2.37. The molecule has 0 spiro atoms. The van der Waals surface area contributed by atoms with Gasteiger partial charge in [-0.3, -0.25) is 0 Å². The molecule has 0 bridgehead atoms. The van der Waals surface area contributed by atoms with Crippen LogP contribution in [-0.2, 0) is 4.74 Å². The minimum atomic E-state index is 0.104. The van der Waals surface area contributed by atoms with Crippen LogP contribution in [0.25, 0.3) is 0 Å². The van der Waals surface area contributed by atoms with Crippen LogP contribution in [0.15, 0.2) is 12.7 Å². The Labute approximate surface area is 94.1 Å². The quantitative estimate of drug-likeness (QED) is 0.654. The summed E-state index contributed by atoms with van der Waals surface area (Å²) in [6.45, 7) is 6.72. The van der Waals surface area contributed by atoms with Gasteiger partial charge in [0.2, 0.25) is 0 Å². The molecule has 1 unspecified atom stereocenters. The predicted molar refractivity (Wildman–Crippen MR) is 65.1 cm³/mol. The first-order valence-corrected chi connectivity index (χ1v) is 6.21. The number of rotatable bonds is 7. The van der Waals surface area contributed by atoms with E-state index in [0.29, 0.717) is 6.04 Å². The maximum Gasteiger partial charge on any atom is 0.0834 e. The van der Waals surface area contributed by atoms with Crippen molar-refractivity contribution in [2.24, 2.45) is 0 Å². The number of nitrogens with one attached hydrogen (secondary N) is 1. The highest BCUT2D eigenvalue weighted by Crippen LogP contribution is 2.37.